The summed E-state index contributed by atoms with van der Waals surface area (Å²) in [5.41, 5.74) is 9.80. The van der Waals surface area contributed by atoms with Crippen LogP contribution in [0.1, 0.15) is 37.2 Å². The largest absolute Gasteiger partial charge is 0.351 e. The van der Waals surface area contributed by atoms with Gasteiger partial charge in [0, 0.05) is 23.2 Å². The zero-order valence-electron chi connectivity index (χ0n) is 11.5. The molecule has 1 aromatic heterocycles. The summed E-state index contributed by atoms with van der Waals surface area (Å²) >= 11 is 1.60. The maximum absolute atomic E-state index is 10.8. The number of aromatic nitrogens is 1. The van der Waals surface area contributed by atoms with Gasteiger partial charge in [0.1, 0.15) is 0 Å². The SMILES string of the molecule is CC(NC(C)c1cscn1)c1ccc(NC(N)=O)cc1. The number of amides is 2. The molecule has 6 heteroatoms. The summed E-state index contributed by atoms with van der Waals surface area (Å²) in [6, 6.07) is 7.44. The predicted molar refractivity (Wildman–Crippen MR) is 81.7 cm³/mol. The van der Waals surface area contributed by atoms with Crippen LogP contribution in [0.5, 0.6) is 0 Å². The number of nitrogens with zero attached hydrogens (tertiary/aromatic N) is 1. The fraction of sp³-hybridized carbons (Fsp3) is 0.286. The third-order valence-corrected chi connectivity index (χ3v) is 3.68. The zero-order chi connectivity index (χ0) is 14.5. The topological polar surface area (TPSA) is 80.0 Å². The fourth-order valence-electron chi connectivity index (χ4n) is 1.99. The molecule has 2 unspecified atom stereocenters. The van der Waals surface area contributed by atoms with Crippen LogP contribution in [0.3, 0.4) is 0 Å². The van der Waals surface area contributed by atoms with Crippen LogP contribution in [0, 0.1) is 0 Å². The average molecular weight is 290 g/mol. The van der Waals surface area contributed by atoms with Gasteiger partial charge < -0.3 is 16.4 Å². The summed E-state index contributed by atoms with van der Waals surface area (Å²) in [4.78, 5) is 15.1. The van der Waals surface area contributed by atoms with Crippen LogP contribution < -0.4 is 16.4 Å². The third kappa shape index (κ3) is 3.79. The normalized spacial score (nSPS) is 13.7. The molecule has 0 bridgehead atoms. The van der Waals surface area contributed by atoms with Crippen molar-refractivity contribution in [1.29, 1.82) is 0 Å². The second kappa shape index (κ2) is 6.49. The van der Waals surface area contributed by atoms with E-state index in [1.165, 1.54) is 0 Å². The van der Waals surface area contributed by atoms with Gasteiger partial charge in [-0.15, -0.1) is 11.3 Å². The average Bonchev–Trinajstić information content (AvgIpc) is 2.92. The molecule has 0 aliphatic carbocycles. The highest BCUT2D eigenvalue weighted by atomic mass is 32.1. The van der Waals surface area contributed by atoms with E-state index in [0.717, 1.165) is 11.3 Å². The quantitative estimate of drug-likeness (QED) is 0.791. The monoisotopic (exact) mass is 290 g/mol. The molecular formula is C14H18N4OS. The zero-order valence-corrected chi connectivity index (χ0v) is 12.3. The van der Waals surface area contributed by atoms with Gasteiger partial charge in [0.05, 0.1) is 11.2 Å². The first-order valence-corrected chi connectivity index (χ1v) is 7.31. The molecule has 0 aliphatic heterocycles. The van der Waals surface area contributed by atoms with Crippen LogP contribution in [-0.2, 0) is 0 Å². The van der Waals surface area contributed by atoms with Crippen molar-refractivity contribution >= 4 is 23.1 Å². The van der Waals surface area contributed by atoms with Gasteiger partial charge in [-0.05, 0) is 31.5 Å². The maximum Gasteiger partial charge on any atom is 0.316 e. The van der Waals surface area contributed by atoms with Crippen LogP contribution in [0.25, 0.3) is 0 Å². The van der Waals surface area contributed by atoms with Crippen molar-refractivity contribution in [2.24, 2.45) is 5.73 Å². The first kappa shape index (κ1) is 14.5. The van der Waals surface area contributed by atoms with Crippen molar-refractivity contribution in [3.63, 3.8) is 0 Å². The summed E-state index contributed by atoms with van der Waals surface area (Å²) in [6.07, 6.45) is 0. The van der Waals surface area contributed by atoms with Gasteiger partial charge in [-0.3, -0.25) is 0 Å². The molecule has 106 valence electrons. The molecule has 2 rings (SSSR count). The molecule has 2 aromatic rings. The highest BCUT2D eigenvalue weighted by Crippen LogP contribution is 2.20. The minimum Gasteiger partial charge on any atom is -0.351 e. The first-order chi connectivity index (χ1) is 9.56. The highest BCUT2D eigenvalue weighted by molar-refractivity contribution is 7.07. The van der Waals surface area contributed by atoms with Gasteiger partial charge >= 0.3 is 6.03 Å². The maximum atomic E-state index is 10.8. The van der Waals surface area contributed by atoms with Crippen LogP contribution in [0.4, 0.5) is 10.5 Å². The molecule has 0 aliphatic rings. The lowest BCUT2D eigenvalue weighted by molar-refractivity contribution is 0.259. The Bertz CT molecular complexity index is 553. The summed E-state index contributed by atoms with van der Waals surface area (Å²) in [7, 11) is 0. The Hall–Kier alpha value is -1.92. The Morgan fingerprint density at radius 3 is 2.50 bits per heavy atom. The second-order valence-electron chi connectivity index (χ2n) is 4.63. The van der Waals surface area contributed by atoms with E-state index < -0.39 is 6.03 Å². The molecule has 4 N–H and O–H groups in total. The number of urea groups is 1. The standard InChI is InChI=1S/C14H18N4OS/c1-9(17-10(2)13-7-20-8-16-13)11-3-5-12(6-4-11)18-14(15)19/h3-10,17H,1-2H3,(H3,15,18,19). The van der Waals surface area contributed by atoms with Crippen LogP contribution in [-0.4, -0.2) is 11.0 Å². The lowest BCUT2D eigenvalue weighted by atomic mass is 10.1. The molecule has 2 atom stereocenters. The van der Waals surface area contributed by atoms with Crippen LogP contribution >= 0.6 is 11.3 Å². The fourth-order valence-corrected chi connectivity index (χ4v) is 2.64. The van der Waals surface area contributed by atoms with Crippen molar-refractivity contribution < 1.29 is 4.79 Å². The number of carbonyl (C=O) groups is 1. The third-order valence-electron chi connectivity index (χ3n) is 3.07. The smallest absolute Gasteiger partial charge is 0.316 e. The van der Waals surface area contributed by atoms with Gasteiger partial charge in [0.15, 0.2) is 0 Å². The number of thiazole rings is 1. The van der Waals surface area contributed by atoms with Crippen molar-refractivity contribution in [1.82, 2.24) is 10.3 Å². The molecule has 0 saturated carbocycles. The van der Waals surface area contributed by atoms with Gasteiger partial charge in [0.2, 0.25) is 0 Å². The van der Waals surface area contributed by atoms with E-state index in [-0.39, 0.29) is 12.1 Å². The molecule has 2 amide bonds. The Labute approximate surface area is 122 Å². The Morgan fingerprint density at radius 2 is 1.95 bits per heavy atom. The number of primary amides is 1. The number of benzene rings is 1. The van der Waals surface area contributed by atoms with Gasteiger partial charge in [-0.2, -0.15) is 0 Å². The predicted octanol–water partition coefficient (Wildman–Crippen LogP) is 3.05. The van der Waals surface area contributed by atoms with Gasteiger partial charge in [-0.25, -0.2) is 9.78 Å². The second-order valence-corrected chi connectivity index (χ2v) is 5.35. The number of hydrogen-bond donors (Lipinski definition) is 3. The molecule has 0 saturated heterocycles. The minimum atomic E-state index is -0.555. The van der Waals surface area contributed by atoms with E-state index in [2.05, 4.69) is 29.5 Å². The van der Waals surface area contributed by atoms with Crippen LogP contribution in [0.15, 0.2) is 35.2 Å². The molecule has 0 radical (unpaired) electrons. The molecule has 5 nitrogen and oxygen atoms in total. The van der Waals surface area contributed by atoms with Crippen LogP contribution in [0.2, 0.25) is 0 Å². The van der Waals surface area contributed by atoms with Crippen molar-refractivity contribution in [2.45, 2.75) is 25.9 Å². The number of anilines is 1. The number of carbonyl (C=O) groups excluding carboxylic acids is 1. The van der Waals surface area contributed by atoms with E-state index in [4.69, 9.17) is 5.73 Å². The van der Waals surface area contributed by atoms with E-state index in [0.29, 0.717) is 5.69 Å². The van der Waals surface area contributed by atoms with E-state index in [1.54, 1.807) is 11.3 Å². The highest BCUT2D eigenvalue weighted by Gasteiger charge is 2.12. The molecule has 0 spiro atoms. The van der Waals surface area contributed by atoms with E-state index in [9.17, 15) is 4.79 Å². The summed E-state index contributed by atoms with van der Waals surface area (Å²) in [5, 5.41) is 8.08. The van der Waals surface area contributed by atoms with Crippen molar-refractivity contribution in [3.05, 3.63) is 46.4 Å². The summed E-state index contributed by atoms with van der Waals surface area (Å²) in [5.74, 6) is 0. The molecule has 1 aromatic carbocycles. The Balaban J connectivity index is 1.98. The molecule has 20 heavy (non-hydrogen) atoms. The molecule has 0 fully saturated rings. The minimum absolute atomic E-state index is 0.189. The number of nitrogens with two attached hydrogens (primary N) is 1. The number of hydrogen-bond acceptors (Lipinski definition) is 4. The van der Waals surface area contributed by atoms with E-state index in [1.807, 2.05) is 35.2 Å². The summed E-state index contributed by atoms with van der Waals surface area (Å²) in [6.45, 7) is 4.19. The van der Waals surface area contributed by atoms with E-state index >= 15 is 0 Å². The Morgan fingerprint density at radius 1 is 1.25 bits per heavy atom. The first-order valence-electron chi connectivity index (χ1n) is 6.37. The lowest BCUT2D eigenvalue weighted by Crippen LogP contribution is -2.23. The number of nitrogens with one attached hydrogen (secondary N) is 2. The molecule has 1 heterocycles. The summed E-state index contributed by atoms with van der Waals surface area (Å²) < 4.78 is 0. The lowest BCUT2D eigenvalue weighted by Gasteiger charge is -2.19. The van der Waals surface area contributed by atoms with Gasteiger partial charge in [-0.1, -0.05) is 12.1 Å². The Kier molecular flexibility index (Phi) is 4.70. The van der Waals surface area contributed by atoms with Crippen molar-refractivity contribution in [2.75, 3.05) is 5.32 Å². The van der Waals surface area contributed by atoms with Crippen molar-refractivity contribution in [3.8, 4) is 0 Å². The molecular weight excluding hydrogens is 272 g/mol. The van der Waals surface area contributed by atoms with Gasteiger partial charge in [0.25, 0.3) is 0 Å². The number of rotatable bonds is 5.